The number of nitrogens with zero attached hydrogens (tertiary/aromatic N) is 1. The second kappa shape index (κ2) is 17.7. The van der Waals surface area contributed by atoms with Crippen molar-refractivity contribution in [1.82, 2.24) is 0 Å². The number of alkyl halides is 24. The van der Waals surface area contributed by atoms with E-state index in [4.69, 9.17) is 4.84 Å². The van der Waals surface area contributed by atoms with Crippen molar-refractivity contribution >= 4 is 39.3 Å². The molecule has 0 aliphatic carbocycles. The monoisotopic (exact) mass is 1010 g/mol. The van der Waals surface area contributed by atoms with Crippen LogP contribution in [0, 0.1) is 0 Å². The van der Waals surface area contributed by atoms with E-state index < -0.39 is 195 Å². The Morgan fingerprint density at radius 3 is 0.697 bits per heavy atom. The van der Waals surface area contributed by atoms with Crippen molar-refractivity contribution in [1.29, 1.82) is 0 Å². The summed E-state index contributed by atoms with van der Waals surface area (Å²) in [5.74, 6) is 0. The minimum Gasteiger partial charge on any atom is -0.268 e. The smallest absolute Gasteiger partial charge is 0.268 e. The summed E-state index contributed by atoms with van der Waals surface area (Å²) in [6, 6.07) is -8.81. The molecule has 0 amide bonds. The van der Waals surface area contributed by atoms with Crippen molar-refractivity contribution in [3.8, 4) is 0 Å². The fourth-order valence-electron chi connectivity index (χ4n) is 6.60. The Balaban J connectivity index is 0.000000942. The highest BCUT2D eigenvalue weighted by Crippen LogP contribution is 2.41. The fourth-order valence-corrected chi connectivity index (χ4v) is 7.10. The van der Waals surface area contributed by atoms with Gasteiger partial charge in [0.15, 0.2) is 6.10 Å². The van der Waals surface area contributed by atoms with Gasteiger partial charge in [0.05, 0.1) is 49.9 Å². The quantitative estimate of drug-likeness (QED) is 0.0939. The highest BCUT2D eigenvalue weighted by molar-refractivity contribution is 7.20. The lowest BCUT2D eigenvalue weighted by molar-refractivity contribution is -0.894. The maximum absolute atomic E-state index is 14.2. The van der Waals surface area contributed by atoms with E-state index in [1.54, 1.807) is 16.1 Å². The number of hydrogen-bond acceptors (Lipinski definition) is 2. The zero-order valence-corrected chi connectivity index (χ0v) is 33.0. The first kappa shape index (κ1) is 53.3. The third-order valence-corrected chi connectivity index (χ3v) is 9.83. The first-order valence-electron chi connectivity index (χ1n) is 17.5. The molecule has 2 nitrogen and oxygen atoms in total. The fraction of sp³-hybridized carbons (Fsp3) is 0.289. The molecular formula is C38H22BF24NOS. The van der Waals surface area contributed by atoms with Crippen molar-refractivity contribution in [3.05, 3.63) is 134 Å². The van der Waals surface area contributed by atoms with Crippen molar-refractivity contribution < 1.29 is 115 Å². The van der Waals surface area contributed by atoms with Crippen LogP contribution in [0.4, 0.5) is 105 Å². The van der Waals surface area contributed by atoms with Gasteiger partial charge in [0.25, 0.3) is 5.51 Å². The van der Waals surface area contributed by atoms with Gasteiger partial charge in [0.1, 0.15) is 6.15 Å². The molecule has 0 aliphatic rings. The molecule has 0 unspecified atom stereocenters. The number of halogens is 24. The van der Waals surface area contributed by atoms with Gasteiger partial charge in [-0.25, -0.2) is 0 Å². The van der Waals surface area contributed by atoms with Crippen LogP contribution in [0.2, 0.25) is 0 Å². The molecule has 1 aromatic heterocycles. The molecule has 0 saturated carbocycles. The molecule has 0 spiro atoms. The SMILES string of the molecule is CC(C)O[n+]1ccsc1.FC(F)(F)c1cc([B-](c2cc(C(F)(F)F)cc(C(F)(F)F)c2)(c2cc(C(F)(F)F)cc(C(F)(F)F)c2)c2cc(C(F)(F)F)cc(C(F)(F)F)c2)cc(C(F)(F)F)c1. The van der Waals surface area contributed by atoms with Gasteiger partial charge in [-0.2, -0.15) is 127 Å². The Morgan fingerprint density at radius 1 is 0.364 bits per heavy atom. The molecule has 4 aromatic carbocycles. The van der Waals surface area contributed by atoms with Crippen molar-refractivity contribution in [2.24, 2.45) is 0 Å². The van der Waals surface area contributed by atoms with Gasteiger partial charge in [0, 0.05) is 4.73 Å². The van der Waals surface area contributed by atoms with Gasteiger partial charge in [-0.1, -0.05) is 59.9 Å². The summed E-state index contributed by atoms with van der Waals surface area (Å²) in [5.41, 5.74) is -28.3. The van der Waals surface area contributed by atoms with Gasteiger partial charge in [-0.3, -0.25) is 4.84 Å². The van der Waals surface area contributed by atoms with E-state index >= 15 is 0 Å². The second-order valence-corrected chi connectivity index (χ2v) is 15.0. The molecule has 28 heteroatoms. The average Bonchev–Trinajstić information content (AvgIpc) is 3.65. The van der Waals surface area contributed by atoms with E-state index in [1.165, 1.54) is 0 Å². The molecule has 1 heterocycles. The summed E-state index contributed by atoms with van der Waals surface area (Å²) >= 11 is 1.62. The van der Waals surface area contributed by atoms with E-state index in [9.17, 15) is 105 Å². The maximum Gasteiger partial charge on any atom is 0.416 e. The van der Waals surface area contributed by atoms with Crippen LogP contribution in [0.25, 0.3) is 0 Å². The summed E-state index contributed by atoms with van der Waals surface area (Å²) in [6.07, 6.45) is -52.7. The van der Waals surface area contributed by atoms with Crippen molar-refractivity contribution in [2.45, 2.75) is 69.4 Å². The Hall–Kier alpha value is -5.31. The highest BCUT2D eigenvalue weighted by atomic mass is 32.1. The standard InChI is InChI=1S/C32H12BF24.C6H10NOS/c34-25(35,36)13-1-14(26(37,38)39)6-21(5-13)33(22-7-15(27(40,41)42)2-16(8-22)28(43,44)45,23-9-17(29(46,47)48)3-18(10-23)30(49,50)51)24-11-19(31(52,53)54)4-20(12-24)32(55,56)57;1-6(2)8-7-3-4-9-5-7/h1-12H;3-6H,1-2H3/q-1;+1. The summed E-state index contributed by atoms with van der Waals surface area (Å²) < 4.78 is 343. The molecule has 5 aromatic rings. The molecule has 0 fully saturated rings. The van der Waals surface area contributed by atoms with Crippen LogP contribution in [0.15, 0.2) is 89.9 Å². The van der Waals surface area contributed by atoms with Crippen LogP contribution in [0.5, 0.6) is 0 Å². The lowest BCUT2D eigenvalue weighted by Crippen LogP contribution is -2.75. The Kier molecular flexibility index (Phi) is 14.3. The number of rotatable bonds is 6. The minimum atomic E-state index is -6.13. The molecule has 0 saturated heterocycles. The molecule has 66 heavy (non-hydrogen) atoms. The Labute approximate surface area is 357 Å². The highest BCUT2D eigenvalue weighted by Gasteiger charge is 2.47. The zero-order chi connectivity index (χ0) is 50.6. The van der Waals surface area contributed by atoms with Crippen molar-refractivity contribution in [2.75, 3.05) is 0 Å². The van der Waals surface area contributed by atoms with Crippen LogP contribution in [0.1, 0.15) is 58.4 Å². The molecule has 0 N–H and O–H groups in total. The number of aromatic nitrogens is 1. The van der Waals surface area contributed by atoms with E-state index in [-0.39, 0.29) is 6.10 Å². The first-order chi connectivity index (χ1) is 29.5. The Bertz CT molecular complexity index is 2050. The zero-order valence-electron chi connectivity index (χ0n) is 32.1. The van der Waals surface area contributed by atoms with Crippen LogP contribution >= 0.6 is 11.3 Å². The third-order valence-electron chi connectivity index (χ3n) is 9.22. The van der Waals surface area contributed by atoms with Gasteiger partial charge in [-0.15, -0.1) is 0 Å². The van der Waals surface area contributed by atoms with E-state index in [0.29, 0.717) is 0 Å². The summed E-state index contributed by atoms with van der Waals surface area (Å²) in [6.45, 7) is 4.01. The van der Waals surface area contributed by atoms with E-state index in [2.05, 4.69) is 0 Å². The predicted octanol–water partition coefficient (Wildman–Crippen LogP) is 12.1. The van der Waals surface area contributed by atoms with Crippen molar-refractivity contribution in [3.63, 3.8) is 0 Å². The van der Waals surface area contributed by atoms with E-state index in [0.717, 1.165) is 0 Å². The molecule has 0 bridgehead atoms. The van der Waals surface area contributed by atoms with Crippen LogP contribution in [0.3, 0.4) is 0 Å². The number of benzene rings is 4. The molecule has 0 radical (unpaired) electrons. The molecular weight excluding hydrogens is 985 g/mol. The summed E-state index contributed by atoms with van der Waals surface area (Å²) in [7, 11) is 0. The van der Waals surface area contributed by atoms with Crippen LogP contribution in [-0.4, -0.2) is 12.2 Å². The minimum absolute atomic E-state index is 0.254. The summed E-state index contributed by atoms with van der Waals surface area (Å²) in [5, 5.41) is 1.97. The van der Waals surface area contributed by atoms with Gasteiger partial charge in [0.2, 0.25) is 6.20 Å². The number of thiazole rings is 1. The van der Waals surface area contributed by atoms with Crippen LogP contribution in [-0.2, 0) is 49.4 Å². The average molecular weight is 1010 g/mol. The molecule has 362 valence electrons. The topological polar surface area (TPSA) is 13.1 Å². The van der Waals surface area contributed by atoms with Gasteiger partial charge < -0.3 is 0 Å². The van der Waals surface area contributed by atoms with E-state index in [1.807, 2.05) is 30.9 Å². The lowest BCUT2D eigenvalue weighted by Gasteiger charge is -2.46. The second-order valence-electron chi connectivity index (χ2n) is 14.3. The lowest BCUT2D eigenvalue weighted by atomic mass is 9.12. The molecule has 0 aliphatic heterocycles. The first-order valence-corrected chi connectivity index (χ1v) is 18.5. The third kappa shape index (κ3) is 12.4. The largest absolute Gasteiger partial charge is 0.416 e. The maximum atomic E-state index is 14.2. The Morgan fingerprint density at radius 2 is 0.561 bits per heavy atom. The summed E-state index contributed by atoms with van der Waals surface area (Å²) in [4.78, 5) is 5.28. The molecule has 5 rings (SSSR count). The number of hydrogen-bond donors (Lipinski definition) is 0. The van der Waals surface area contributed by atoms with Gasteiger partial charge in [-0.05, 0) is 38.1 Å². The van der Waals surface area contributed by atoms with Crippen LogP contribution < -0.4 is 31.4 Å². The molecule has 0 atom stereocenters. The normalized spacial score (nSPS) is 13.7. The predicted molar refractivity (Wildman–Crippen MR) is 186 cm³/mol. The van der Waals surface area contributed by atoms with Gasteiger partial charge >= 0.3 is 49.4 Å².